The van der Waals surface area contributed by atoms with E-state index in [-0.39, 0.29) is 0 Å². The van der Waals surface area contributed by atoms with Crippen molar-refractivity contribution < 1.29 is 9.64 Å². The number of quaternary nitrogens is 1. The molecule has 2 aromatic rings. The van der Waals surface area contributed by atoms with E-state index in [0.717, 1.165) is 12.4 Å². The molecule has 0 bridgehead atoms. The molecule has 0 saturated carbocycles. The Kier molecular flexibility index (Phi) is 6.34. The van der Waals surface area contributed by atoms with E-state index in [2.05, 4.69) is 42.5 Å². The number of fused-ring (bicyclic) bond motifs is 1. The van der Waals surface area contributed by atoms with Crippen LogP contribution in [0.1, 0.15) is 44.9 Å². The van der Waals surface area contributed by atoms with Gasteiger partial charge in [-0.05, 0) is 56.4 Å². The van der Waals surface area contributed by atoms with E-state index in [4.69, 9.17) is 4.74 Å². The van der Waals surface area contributed by atoms with Gasteiger partial charge in [-0.15, -0.1) is 0 Å². The largest absolute Gasteiger partial charge is 0.493 e. The molecule has 124 valence electrons. The maximum atomic E-state index is 6.01. The maximum absolute atomic E-state index is 6.01. The molecule has 1 saturated heterocycles. The van der Waals surface area contributed by atoms with Crippen LogP contribution in [-0.4, -0.2) is 26.2 Å². The van der Waals surface area contributed by atoms with Crippen molar-refractivity contribution >= 4 is 10.8 Å². The fraction of sp³-hybridized carbons (Fsp3) is 0.524. The average molecular weight is 312 g/mol. The van der Waals surface area contributed by atoms with Gasteiger partial charge in [0.1, 0.15) is 5.75 Å². The van der Waals surface area contributed by atoms with Gasteiger partial charge in [0, 0.05) is 5.39 Å². The molecule has 3 rings (SSSR count). The topological polar surface area (TPSA) is 13.7 Å². The molecule has 0 radical (unpaired) electrons. The van der Waals surface area contributed by atoms with Crippen molar-refractivity contribution in [1.82, 2.24) is 0 Å². The van der Waals surface area contributed by atoms with E-state index < -0.39 is 0 Å². The molecule has 2 aromatic carbocycles. The average Bonchev–Trinajstić information content (AvgIpc) is 2.62. The second-order valence-electron chi connectivity index (χ2n) is 6.80. The molecule has 1 N–H and O–H groups in total. The number of nitrogens with one attached hydrogen (secondary N) is 1. The first-order chi connectivity index (χ1) is 11.4. The Morgan fingerprint density at radius 2 is 1.57 bits per heavy atom. The monoisotopic (exact) mass is 312 g/mol. The minimum Gasteiger partial charge on any atom is -0.493 e. The van der Waals surface area contributed by atoms with Crippen LogP contribution < -0.4 is 9.64 Å². The zero-order valence-electron chi connectivity index (χ0n) is 14.2. The molecule has 1 aliphatic rings. The lowest BCUT2D eigenvalue weighted by Crippen LogP contribution is -3.12. The fourth-order valence-corrected chi connectivity index (χ4v) is 3.64. The first-order valence-electron chi connectivity index (χ1n) is 9.37. The Bertz CT molecular complexity index is 584. The lowest BCUT2D eigenvalue weighted by atomic mass is 10.1. The van der Waals surface area contributed by atoms with Crippen LogP contribution >= 0.6 is 0 Å². The van der Waals surface area contributed by atoms with Crippen LogP contribution in [0.5, 0.6) is 5.75 Å². The van der Waals surface area contributed by atoms with Crippen molar-refractivity contribution in [1.29, 1.82) is 0 Å². The third kappa shape index (κ3) is 4.97. The smallest absolute Gasteiger partial charge is 0.127 e. The number of ether oxygens (including phenoxy) is 1. The van der Waals surface area contributed by atoms with Crippen LogP contribution in [0.3, 0.4) is 0 Å². The molecule has 0 aromatic heterocycles. The number of hydrogen-bond donors (Lipinski definition) is 1. The molecule has 2 heteroatoms. The highest BCUT2D eigenvalue weighted by Crippen LogP contribution is 2.25. The summed E-state index contributed by atoms with van der Waals surface area (Å²) in [4.78, 5) is 1.84. The fourth-order valence-electron chi connectivity index (χ4n) is 3.64. The Labute approximate surface area is 140 Å². The molecule has 23 heavy (non-hydrogen) atoms. The number of rotatable bonds is 8. The molecular weight excluding hydrogens is 282 g/mol. The number of piperidine rings is 1. The Hall–Kier alpha value is -1.54. The van der Waals surface area contributed by atoms with E-state index in [9.17, 15) is 0 Å². The molecule has 2 nitrogen and oxygen atoms in total. The van der Waals surface area contributed by atoms with Gasteiger partial charge in [-0.3, -0.25) is 0 Å². The van der Waals surface area contributed by atoms with E-state index >= 15 is 0 Å². The van der Waals surface area contributed by atoms with Gasteiger partial charge in [-0.1, -0.05) is 36.4 Å². The predicted octanol–water partition coefficient (Wildman–Crippen LogP) is 3.85. The zero-order chi connectivity index (χ0) is 15.7. The number of hydrogen-bond acceptors (Lipinski definition) is 1. The second kappa shape index (κ2) is 8.93. The lowest BCUT2D eigenvalue weighted by molar-refractivity contribution is -0.905. The summed E-state index contributed by atoms with van der Waals surface area (Å²) in [5, 5.41) is 2.48. The van der Waals surface area contributed by atoms with Crippen LogP contribution in [0.4, 0.5) is 0 Å². The van der Waals surface area contributed by atoms with Crippen molar-refractivity contribution in [3.05, 3.63) is 42.5 Å². The summed E-state index contributed by atoms with van der Waals surface area (Å²) >= 11 is 0. The first kappa shape index (κ1) is 16.3. The highest BCUT2D eigenvalue weighted by molar-refractivity contribution is 5.88. The Balaban J connectivity index is 1.32. The molecule has 1 fully saturated rings. The van der Waals surface area contributed by atoms with Gasteiger partial charge < -0.3 is 9.64 Å². The molecule has 1 heterocycles. The summed E-state index contributed by atoms with van der Waals surface area (Å²) in [7, 11) is 0. The SMILES string of the molecule is c1ccc2c(OCCCCCC[NH+]3CCCCC3)cccc2c1. The van der Waals surface area contributed by atoms with Gasteiger partial charge in [0.2, 0.25) is 0 Å². The molecule has 0 aliphatic carbocycles. The maximum Gasteiger partial charge on any atom is 0.127 e. The summed E-state index contributed by atoms with van der Waals surface area (Å²) in [6, 6.07) is 14.8. The van der Waals surface area contributed by atoms with Gasteiger partial charge >= 0.3 is 0 Å². The van der Waals surface area contributed by atoms with E-state index in [0.29, 0.717) is 0 Å². The van der Waals surface area contributed by atoms with Crippen molar-refractivity contribution in [3.63, 3.8) is 0 Å². The number of unbranched alkanes of at least 4 members (excludes halogenated alkanes) is 3. The van der Waals surface area contributed by atoms with Crippen LogP contribution in [-0.2, 0) is 0 Å². The molecule has 0 amide bonds. The number of benzene rings is 2. The standard InChI is InChI=1S/C21H29NO/c1(6-15-22-16-7-3-8-17-22)2-9-18-23-21-14-10-12-19-11-4-5-13-20(19)21/h4-5,10-14H,1-3,6-9,15-18H2/p+1. The number of likely N-dealkylation sites (tertiary alicyclic amines) is 1. The minimum absolute atomic E-state index is 0.838. The summed E-state index contributed by atoms with van der Waals surface area (Å²) < 4.78 is 6.01. The molecule has 0 atom stereocenters. The molecule has 0 unspecified atom stereocenters. The van der Waals surface area contributed by atoms with Gasteiger partial charge in [-0.2, -0.15) is 0 Å². The quantitative estimate of drug-likeness (QED) is 0.731. The van der Waals surface area contributed by atoms with Gasteiger partial charge in [0.05, 0.1) is 26.2 Å². The van der Waals surface area contributed by atoms with Crippen LogP contribution in [0.15, 0.2) is 42.5 Å². The normalized spacial score (nSPS) is 15.8. The molecular formula is C21H30NO+. The minimum atomic E-state index is 0.838. The molecule has 1 aliphatic heterocycles. The zero-order valence-corrected chi connectivity index (χ0v) is 14.2. The van der Waals surface area contributed by atoms with Crippen LogP contribution in [0, 0.1) is 0 Å². The van der Waals surface area contributed by atoms with Crippen LogP contribution in [0.25, 0.3) is 10.8 Å². The first-order valence-corrected chi connectivity index (χ1v) is 9.37. The van der Waals surface area contributed by atoms with Crippen molar-refractivity contribution in [2.24, 2.45) is 0 Å². The van der Waals surface area contributed by atoms with E-state index in [1.54, 1.807) is 0 Å². The van der Waals surface area contributed by atoms with Crippen LogP contribution in [0.2, 0.25) is 0 Å². The summed E-state index contributed by atoms with van der Waals surface area (Å²) in [5.74, 6) is 1.03. The summed E-state index contributed by atoms with van der Waals surface area (Å²) in [6.07, 6.45) is 9.51. The molecule has 0 spiro atoms. The second-order valence-corrected chi connectivity index (χ2v) is 6.80. The van der Waals surface area contributed by atoms with Crippen molar-refractivity contribution in [2.45, 2.75) is 44.9 Å². The third-order valence-corrected chi connectivity index (χ3v) is 4.99. The third-order valence-electron chi connectivity index (χ3n) is 4.99. The Morgan fingerprint density at radius 3 is 2.48 bits per heavy atom. The van der Waals surface area contributed by atoms with Gasteiger partial charge in [-0.25, -0.2) is 0 Å². The van der Waals surface area contributed by atoms with E-state index in [1.807, 2.05) is 4.90 Å². The van der Waals surface area contributed by atoms with E-state index in [1.165, 1.54) is 75.4 Å². The van der Waals surface area contributed by atoms with Gasteiger partial charge in [0.15, 0.2) is 0 Å². The Morgan fingerprint density at radius 1 is 0.783 bits per heavy atom. The van der Waals surface area contributed by atoms with Crippen molar-refractivity contribution in [3.8, 4) is 5.75 Å². The predicted molar refractivity (Wildman–Crippen MR) is 97.3 cm³/mol. The summed E-state index contributed by atoms with van der Waals surface area (Å²) in [6.45, 7) is 5.03. The summed E-state index contributed by atoms with van der Waals surface area (Å²) in [5.41, 5.74) is 0. The van der Waals surface area contributed by atoms with Crippen molar-refractivity contribution in [2.75, 3.05) is 26.2 Å². The van der Waals surface area contributed by atoms with Gasteiger partial charge in [0.25, 0.3) is 0 Å². The highest BCUT2D eigenvalue weighted by Gasteiger charge is 2.12. The lowest BCUT2D eigenvalue weighted by Gasteiger charge is -2.23. The highest BCUT2D eigenvalue weighted by atomic mass is 16.5.